The molecule has 10 heteroatoms. The second-order valence-corrected chi connectivity index (χ2v) is 7.23. The third-order valence-electron chi connectivity index (χ3n) is 5.06. The molecule has 0 radical (unpaired) electrons. The number of carbonyl (C=O) groups excluding carboxylic acids is 2. The Hall–Kier alpha value is -4.34. The number of ether oxygens (including phenoxy) is 4. The highest BCUT2D eigenvalue weighted by atomic mass is 16.7. The molecule has 0 saturated heterocycles. The maximum Gasteiger partial charge on any atom is 0.513 e. The molecule has 1 aliphatic heterocycles. The number of para-hydroxylation sites is 1. The van der Waals surface area contributed by atoms with Crippen LogP contribution >= 0.6 is 0 Å². The molecule has 3 rings (SSSR count). The average molecular weight is 468 g/mol. The van der Waals surface area contributed by atoms with E-state index in [2.05, 4.69) is 5.32 Å². The number of benzene rings is 2. The third-order valence-corrected chi connectivity index (χ3v) is 5.06. The standard InChI is InChI=1S/C24H24N2O8/c1-5-32-24(28)34-21-15(3)25-14(2)20(26(29)30)19(21)17-12-9-13-18(31-4)22(17)33-23(27)16-10-7-6-8-11-16/h6-13,19,25H,5H2,1-4H3. The molecule has 1 atom stereocenters. The third kappa shape index (κ3) is 5.01. The summed E-state index contributed by atoms with van der Waals surface area (Å²) in [6.45, 7) is 4.80. The molecule has 0 bridgehead atoms. The van der Waals surface area contributed by atoms with Crippen LogP contribution in [0.25, 0.3) is 0 Å². The summed E-state index contributed by atoms with van der Waals surface area (Å²) in [7, 11) is 1.38. The minimum Gasteiger partial charge on any atom is -0.493 e. The molecule has 0 spiro atoms. The van der Waals surface area contributed by atoms with Crippen molar-refractivity contribution in [3.63, 3.8) is 0 Å². The van der Waals surface area contributed by atoms with Gasteiger partial charge in [-0.05, 0) is 39.0 Å². The van der Waals surface area contributed by atoms with Gasteiger partial charge in [0.2, 0.25) is 0 Å². The van der Waals surface area contributed by atoms with Gasteiger partial charge in [-0.25, -0.2) is 9.59 Å². The molecule has 1 N–H and O–H groups in total. The smallest absolute Gasteiger partial charge is 0.493 e. The number of allylic oxidation sites excluding steroid dienone is 2. The number of nitrogens with zero attached hydrogens (tertiary/aromatic N) is 1. The van der Waals surface area contributed by atoms with Crippen molar-refractivity contribution in [2.24, 2.45) is 0 Å². The van der Waals surface area contributed by atoms with Crippen molar-refractivity contribution < 1.29 is 33.5 Å². The Labute approximate surface area is 195 Å². The molecule has 2 aromatic rings. The van der Waals surface area contributed by atoms with Gasteiger partial charge >= 0.3 is 12.1 Å². The molecule has 0 saturated carbocycles. The van der Waals surface area contributed by atoms with Crippen LogP contribution in [0.4, 0.5) is 4.79 Å². The maximum absolute atomic E-state index is 12.9. The molecule has 0 aliphatic carbocycles. The van der Waals surface area contributed by atoms with Crippen LogP contribution in [-0.4, -0.2) is 30.8 Å². The zero-order valence-corrected chi connectivity index (χ0v) is 19.1. The van der Waals surface area contributed by atoms with Crippen molar-refractivity contribution in [3.8, 4) is 11.5 Å². The first-order valence-corrected chi connectivity index (χ1v) is 10.4. The van der Waals surface area contributed by atoms with Gasteiger partial charge in [-0.3, -0.25) is 10.1 Å². The molecule has 34 heavy (non-hydrogen) atoms. The van der Waals surface area contributed by atoms with Crippen molar-refractivity contribution in [3.05, 3.63) is 92.6 Å². The van der Waals surface area contributed by atoms with Crippen molar-refractivity contribution >= 4 is 12.1 Å². The molecule has 2 aromatic carbocycles. The topological polar surface area (TPSA) is 126 Å². The Balaban J connectivity index is 2.18. The van der Waals surface area contributed by atoms with Gasteiger partial charge in [-0.2, -0.15) is 0 Å². The number of hydrogen-bond donors (Lipinski definition) is 1. The fraction of sp³-hybridized carbons (Fsp3) is 0.250. The van der Waals surface area contributed by atoms with Gasteiger partial charge in [0, 0.05) is 5.56 Å². The predicted octanol–water partition coefficient (Wildman–Crippen LogP) is 4.51. The molecule has 0 amide bonds. The monoisotopic (exact) mass is 468 g/mol. The molecular formula is C24H24N2O8. The van der Waals surface area contributed by atoms with Crippen molar-refractivity contribution in [2.75, 3.05) is 13.7 Å². The van der Waals surface area contributed by atoms with E-state index < -0.39 is 23.0 Å². The van der Waals surface area contributed by atoms with Gasteiger partial charge in [0.05, 0.1) is 35.6 Å². The molecule has 1 unspecified atom stereocenters. The lowest BCUT2D eigenvalue weighted by atomic mass is 9.88. The zero-order chi connectivity index (χ0) is 24.8. The number of hydrogen-bond acceptors (Lipinski definition) is 9. The minimum atomic E-state index is -1.20. The second-order valence-electron chi connectivity index (χ2n) is 7.23. The Kier molecular flexibility index (Phi) is 7.52. The van der Waals surface area contributed by atoms with E-state index in [9.17, 15) is 19.7 Å². The van der Waals surface area contributed by atoms with Crippen molar-refractivity contribution in [1.82, 2.24) is 5.32 Å². The summed E-state index contributed by atoms with van der Waals surface area (Å²) in [5, 5.41) is 15.0. The first kappa shape index (κ1) is 24.3. The number of carbonyl (C=O) groups is 2. The Bertz CT molecular complexity index is 1170. The van der Waals surface area contributed by atoms with E-state index in [1.54, 1.807) is 62.4 Å². The summed E-state index contributed by atoms with van der Waals surface area (Å²) in [6, 6.07) is 13.0. The van der Waals surface area contributed by atoms with E-state index in [1.807, 2.05) is 0 Å². The fourth-order valence-corrected chi connectivity index (χ4v) is 3.62. The first-order valence-electron chi connectivity index (χ1n) is 10.4. The van der Waals surface area contributed by atoms with Crippen LogP contribution in [0, 0.1) is 10.1 Å². The molecule has 1 heterocycles. The van der Waals surface area contributed by atoms with Crippen molar-refractivity contribution in [1.29, 1.82) is 0 Å². The Morgan fingerprint density at radius 1 is 1.03 bits per heavy atom. The fourth-order valence-electron chi connectivity index (χ4n) is 3.62. The predicted molar refractivity (Wildman–Crippen MR) is 121 cm³/mol. The summed E-state index contributed by atoms with van der Waals surface area (Å²) in [5.74, 6) is -1.79. The van der Waals surface area contributed by atoms with Gasteiger partial charge in [0.15, 0.2) is 11.5 Å². The zero-order valence-electron chi connectivity index (χ0n) is 19.1. The lowest BCUT2D eigenvalue weighted by Crippen LogP contribution is -2.30. The van der Waals surface area contributed by atoms with Crippen LogP contribution in [0.5, 0.6) is 11.5 Å². The number of rotatable bonds is 7. The van der Waals surface area contributed by atoms with Gasteiger partial charge in [0.25, 0.3) is 5.70 Å². The SMILES string of the molecule is CCOC(=O)OC1=C(C)NC(C)=C([N+](=O)[O-])C1c1cccc(OC)c1OC(=O)c1ccccc1. The number of dihydropyridines is 1. The minimum absolute atomic E-state index is 0.0318. The Morgan fingerprint density at radius 2 is 1.74 bits per heavy atom. The highest BCUT2D eigenvalue weighted by Gasteiger charge is 2.42. The van der Waals surface area contributed by atoms with Crippen LogP contribution in [0.3, 0.4) is 0 Å². The lowest BCUT2D eigenvalue weighted by molar-refractivity contribution is -0.431. The highest BCUT2D eigenvalue weighted by molar-refractivity contribution is 5.91. The molecule has 178 valence electrons. The first-order chi connectivity index (χ1) is 16.3. The highest BCUT2D eigenvalue weighted by Crippen LogP contribution is 2.45. The summed E-state index contributed by atoms with van der Waals surface area (Å²) in [5.41, 5.74) is 0.807. The molecular weight excluding hydrogens is 444 g/mol. The van der Waals surface area contributed by atoms with Crippen LogP contribution in [0.15, 0.2) is 71.4 Å². The second kappa shape index (κ2) is 10.5. The summed E-state index contributed by atoms with van der Waals surface area (Å²) in [6.07, 6.45) is -1.02. The molecule has 1 aliphatic rings. The van der Waals surface area contributed by atoms with Gasteiger partial charge in [-0.1, -0.05) is 30.3 Å². The van der Waals surface area contributed by atoms with E-state index in [1.165, 1.54) is 14.0 Å². The van der Waals surface area contributed by atoms with Crippen LogP contribution in [-0.2, 0) is 9.47 Å². The van der Waals surface area contributed by atoms with E-state index in [-0.39, 0.29) is 46.4 Å². The van der Waals surface area contributed by atoms with E-state index in [0.717, 1.165) is 0 Å². The van der Waals surface area contributed by atoms with E-state index in [0.29, 0.717) is 5.70 Å². The number of nitrogens with one attached hydrogen (secondary N) is 1. The molecule has 0 aromatic heterocycles. The normalized spacial score (nSPS) is 15.4. The summed E-state index contributed by atoms with van der Waals surface area (Å²) >= 11 is 0. The summed E-state index contributed by atoms with van der Waals surface area (Å²) < 4.78 is 21.3. The largest absolute Gasteiger partial charge is 0.513 e. The van der Waals surface area contributed by atoms with Gasteiger partial charge in [-0.15, -0.1) is 0 Å². The molecule has 0 fully saturated rings. The van der Waals surface area contributed by atoms with Crippen LogP contribution in [0.2, 0.25) is 0 Å². The lowest BCUT2D eigenvalue weighted by Gasteiger charge is -2.27. The van der Waals surface area contributed by atoms with Gasteiger partial charge < -0.3 is 24.3 Å². The number of nitro groups is 1. The van der Waals surface area contributed by atoms with Crippen LogP contribution < -0.4 is 14.8 Å². The van der Waals surface area contributed by atoms with Crippen molar-refractivity contribution in [2.45, 2.75) is 26.7 Å². The van der Waals surface area contributed by atoms with E-state index >= 15 is 0 Å². The Morgan fingerprint density at radius 3 is 2.35 bits per heavy atom. The van der Waals surface area contributed by atoms with Crippen LogP contribution in [0.1, 0.15) is 42.6 Å². The average Bonchev–Trinajstić information content (AvgIpc) is 2.81. The maximum atomic E-state index is 12.9. The van der Waals surface area contributed by atoms with E-state index in [4.69, 9.17) is 18.9 Å². The summed E-state index contributed by atoms with van der Waals surface area (Å²) in [4.78, 5) is 36.5. The quantitative estimate of drug-likeness (QED) is 0.270. The number of esters is 1. The molecule has 10 nitrogen and oxygen atoms in total. The number of methoxy groups -OCH3 is 1. The van der Waals surface area contributed by atoms with Gasteiger partial charge in [0.1, 0.15) is 11.7 Å².